The Morgan fingerprint density at radius 3 is 2.67 bits per heavy atom. The molecule has 21 heavy (non-hydrogen) atoms. The number of nitrogens with one attached hydrogen (secondary N) is 1. The second-order valence-corrected chi connectivity index (χ2v) is 5.24. The largest absolute Gasteiger partial charge is 0.492 e. The number of likely N-dealkylation sites (N-methyl/N-ethyl adjacent to an activating group) is 1. The van der Waals surface area contributed by atoms with Gasteiger partial charge in [-0.25, -0.2) is 4.39 Å². The molecule has 0 aromatic heterocycles. The van der Waals surface area contributed by atoms with E-state index in [4.69, 9.17) is 4.74 Å². The number of aryl methyl sites for hydroxylation is 2. The van der Waals surface area contributed by atoms with E-state index in [9.17, 15) is 4.39 Å². The molecule has 0 heterocycles. The zero-order valence-electron chi connectivity index (χ0n) is 12.8. The van der Waals surface area contributed by atoms with Crippen LogP contribution < -0.4 is 10.1 Å². The lowest BCUT2D eigenvalue weighted by Crippen LogP contribution is -2.27. The summed E-state index contributed by atoms with van der Waals surface area (Å²) in [6, 6.07) is 12.8. The topological polar surface area (TPSA) is 21.3 Å². The van der Waals surface area contributed by atoms with Crippen molar-refractivity contribution in [1.82, 2.24) is 5.32 Å². The minimum absolute atomic E-state index is 0.0955. The molecule has 0 amide bonds. The van der Waals surface area contributed by atoms with Crippen molar-refractivity contribution in [2.75, 3.05) is 13.2 Å². The Bertz CT molecular complexity index is 598. The maximum Gasteiger partial charge on any atom is 0.126 e. The van der Waals surface area contributed by atoms with Gasteiger partial charge in [0, 0.05) is 6.07 Å². The maximum atomic E-state index is 13.2. The lowest BCUT2D eigenvalue weighted by molar-refractivity contribution is 0.266. The molecule has 0 saturated carbocycles. The number of rotatable bonds is 6. The molecule has 0 spiro atoms. The van der Waals surface area contributed by atoms with E-state index >= 15 is 0 Å². The van der Waals surface area contributed by atoms with E-state index in [0.717, 1.165) is 6.54 Å². The molecule has 3 heteroatoms. The average molecular weight is 287 g/mol. The fourth-order valence-corrected chi connectivity index (χ4v) is 2.38. The van der Waals surface area contributed by atoms with Gasteiger partial charge in [0.2, 0.25) is 0 Å². The summed E-state index contributed by atoms with van der Waals surface area (Å²) in [4.78, 5) is 0. The van der Waals surface area contributed by atoms with E-state index in [1.165, 1.54) is 28.8 Å². The van der Waals surface area contributed by atoms with Crippen molar-refractivity contribution in [3.63, 3.8) is 0 Å². The highest BCUT2D eigenvalue weighted by Gasteiger charge is 2.14. The Balaban J connectivity index is 2.13. The van der Waals surface area contributed by atoms with Crippen LogP contribution in [0.15, 0.2) is 42.5 Å². The van der Waals surface area contributed by atoms with Crippen LogP contribution >= 0.6 is 0 Å². The first-order valence-corrected chi connectivity index (χ1v) is 7.29. The number of benzene rings is 2. The van der Waals surface area contributed by atoms with Crippen LogP contribution in [0.2, 0.25) is 0 Å². The predicted octanol–water partition coefficient (Wildman–Crippen LogP) is 4.17. The van der Waals surface area contributed by atoms with Crippen molar-refractivity contribution in [2.45, 2.75) is 26.8 Å². The van der Waals surface area contributed by atoms with Gasteiger partial charge in [0.15, 0.2) is 0 Å². The highest BCUT2D eigenvalue weighted by Crippen LogP contribution is 2.21. The first-order chi connectivity index (χ1) is 10.1. The van der Waals surface area contributed by atoms with Crippen LogP contribution in [0.5, 0.6) is 5.75 Å². The lowest BCUT2D eigenvalue weighted by Gasteiger charge is -2.21. The van der Waals surface area contributed by atoms with Gasteiger partial charge < -0.3 is 10.1 Å². The Morgan fingerprint density at radius 1 is 1.14 bits per heavy atom. The van der Waals surface area contributed by atoms with E-state index < -0.39 is 0 Å². The number of hydrogen-bond acceptors (Lipinski definition) is 2. The van der Waals surface area contributed by atoms with Crippen molar-refractivity contribution < 1.29 is 9.13 Å². The molecule has 2 aromatic carbocycles. The third-order valence-corrected chi connectivity index (χ3v) is 3.47. The summed E-state index contributed by atoms with van der Waals surface area (Å²) in [5, 5.41) is 3.43. The molecule has 0 bridgehead atoms. The van der Waals surface area contributed by atoms with Crippen LogP contribution in [0.4, 0.5) is 4.39 Å². The Morgan fingerprint density at radius 2 is 1.95 bits per heavy atom. The molecule has 1 N–H and O–H groups in total. The van der Waals surface area contributed by atoms with Gasteiger partial charge >= 0.3 is 0 Å². The molecule has 1 unspecified atom stereocenters. The van der Waals surface area contributed by atoms with E-state index in [0.29, 0.717) is 12.4 Å². The Kier molecular flexibility index (Phi) is 5.34. The van der Waals surface area contributed by atoms with Crippen LogP contribution in [0.1, 0.15) is 29.7 Å². The third-order valence-electron chi connectivity index (χ3n) is 3.47. The van der Waals surface area contributed by atoms with Gasteiger partial charge in [-0.15, -0.1) is 0 Å². The van der Waals surface area contributed by atoms with Gasteiger partial charge in [0.25, 0.3) is 0 Å². The third kappa shape index (κ3) is 4.30. The van der Waals surface area contributed by atoms with Crippen molar-refractivity contribution >= 4 is 0 Å². The molecule has 0 aliphatic rings. The molecule has 0 radical (unpaired) electrons. The van der Waals surface area contributed by atoms with Crippen LogP contribution in [0.25, 0.3) is 0 Å². The summed E-state index contributed by atoms with van der Waals surface area (Å²) in [5.41, 5.74) is 3.69. The van der Waals surface area contributed by atoms with Gasteiger partial charge in [0.1, 0.15) is 18.2 Å². The smallest absolute Gasteiger partial charge is 0.126 e. The summed E-state index contributed by atoms with van der Waals surface area (Å²) < 4.78 is 18.9. The summed E-state index contributed by atoms with van der Waals surface area (Å²) in [6.07, 6.45) is 0. The number of ether oxygens (including phenoxy) is 1. The molecule has 2 rings (SSSR count). The fourth-order valence-electron chi connectivity index (χ4n) is 2.38. The minimum Gasteiger partial charge on any atom is -0.492 e. The number of halogens is 1. The van der Waals surface area contributed by atoms with E-state index in [1.807, 2.05) is 0 Å². The summed E-state index contributed by atoms with van der Waals surface area (Å²) in [5.74, 6) is 0.280. The molecule has 2 aromatic rings. The fraction of sp³-hybridized carbons (Fsp3) is 0.333. The van der Waals surface area contributed by atoms with Crippen molar-refractivity contribution in [3.8, 4) is 5.75 Å². The normalized spacial score (nSPS) is 12.2. The molecule has 0 aliphatic carbocycles. The maximum absolute atomic E-state index is 13.2. The van der Waals surface area contributed by atoms with Crippen molar-refractivity contribution in [1.29, 1.82) is 0 Å². The predicted molar refractivity (Wildman–Crippen MR) is 84.2 cm³/mol. The van der Waals surface area contributed by atoms with E-state index in [-0.39, 0.29) is 11.9 Å². The summed E-state index contributed by atoms with van der Waals surface area (Å²) in [7, 11) is 0. The molecular weight excluding hydrogens is 265 g/mol. The highest BCUT2D eigenvalue weighted by molar-refractivity contribution is 5.33. The number of hydrogen-bond donors (Lipinski definition) is 1. The molecule has 0 fully saturated rings. The molecule has 0 saturated heterocycles. The van der Waals surface area contributed by atoms with E-state index in [1.54, 1.807) is 12.1 Å². The van der Waals surface area contributed by atoms with Gasteiger partial charge in [-0.05, 0) is 43.7 Å². The van der Waals surface area contributed by atoms with Crippen LogP contribution in [-0.2, 0) is 0 Å². The van der Waals surface area contributed by atoms with Crippen LogP contribution in [-0.4, -0.2) is 13.2 Å². The standard InChI is InChI=1S/C18H22FNO/c1-4-20-18(17-10-13(2)8-9-14(17)3)12-21-16-7-5-6-15(19)11-16/h5-11,18,20H,4,12H2,1-3H3. The molecular formula is C18H22FNO. The SMILES string of the molecule is CCNC(COc1cccc(F)c1)c1cc(C)ccc1C. The Labute approximate surface area is 126 Å². The van der Waals surface area contributed by atoms with Crippen molar-refractivity contribution in [3.05, 3.63) is 65.0 Å². The van der Waals surface area contributed by atoms with Gasteiger partial charge in [-0.2, -0.15) is 0 Å². The molecule has 2 nitrogen and oxygen atoms in total. The minimum atomic E-state index is -0.278. The highest BCUT2D eigenvalue weighted by atomic mass is 19.1. The summed E-state index contributed by atoms with van der Waals surface area (Å²) in [6.45, 7) is 7.58. The van der Waals surface area contributed by atoms with Crippen molar-refractivity contribution in [2.24, 2.45) is 0 Å². The Hall–Kier alpha value is -1.87. The van der Waals surface area contributed by atoms with Gasteiger partial charge in [0.05, 0.1) is 6.04 Å². The average Bonchev–Trinajstić information content (AvgIpc) is 2.46. The van der Waals surface area contributed by atoms with Gasteiger partial charge in [-0.1, -0.05) is 36.8 Å². The molecule has 112 valence electrons. The van der Waals surface area contributed by atoms with E-state index in [2.05, 4.69) is 44.3 Å². The van der Waals surface area contributed by atoms with Crippen LogP contribution in [0.3, 0.4) is 0 Å². The second kappa shape index (κ2) is 7.23. The first kappa shape index (κ1) is 15.5. The zero-order valence-corrected chi connectivity index (χ0v) is 12.8. The summed E-state index contributed by atoms with van der Waals surface area (Å²) >= 11 is 0. The quantitative estimate of drug-likeness (QED) is 0.861. The lowest BCUT2D eigenvalue weighted by atomic mass is 9.99. The second-order valence-electron chi connectivity index (χ2n) is 5.24. The first-order valence-electron chi connectivity index (χ1n) is 7.29. The van der Waals surface area contributed by atoms with Crippen LogP contribution in [0, 0.1) is 19.7 Å². The zero-order chi connectivity index (χ0) is 15.2. The van der Waals surface area contributed by atoms with Gasteiger partial charge in [-0.3, -0.25) is 0 Å². The molecule has 0 aliphatic heterocycles. The monoisotopic (exact) mass is 287 g/mol. The molecule has 1 atom stereocenters.